The van der Waals surface area contributed by atoms with Crippen LogP contribution >= 0.6 is 25.5 Å². The molecule has 0 aliphatic heterocycles. The van der Waals surface area contributed by atoms with Crippen molar-refractivity contribution in [2.24, 2.45) is 5.92 Å². The fourth-order valence-electron chi connectivity index (χ4n) is 1.50. The molecule has 0 nitrogen and oxygen atoms in total. The third-order valence-corrected chi connectivity index (χ3v) is 2.19. The number of rotatable bonds is 1. The average Bonchev–Trinajstić information content (AvgIpc) is 2.34. The summed E-state index contributed by atoms with van der Waals surface area (Å²) in [5.41, 5.74) is 0. The molecule has 1 saturated carbocycles. The molecule has 1 rings (SSSR count). The Balaban J connectivity index is 0.000000261. The maximum absolute atomic E-state index is 5.00. The van der Waals surface area contributed by atoms with Crippen LogP contribution in [-0.4, -0.2) is 0 Å². The van der Waals surface area contributed by atoms with Crippen molar-refractivity contribution in [2.45, 2.75) is 39.5 Å². The van der Waals surface area contributed by atoms with Gasteiger partial charge >= 0.3 is 43.7 Å². The van der Waals surface area contributed by atoms with Crippen molar-refractivity contribution in [1.82, 2.24) is 0 Å². The van der Waals surface area contributed by atoms with Crippen molar-refractivity contribution in [3.05, 3.63) is 5.92 Å². The van der Waals surface area contributed by atoms with E-state index < -0.39 is 18.2 Å². The van der Waals surface area contributed by atoms with Gasteiger partial charge in [-0.15, -0.1) is 0 Å². The van der Waals surface area contributed by atoms with Crippen molar-refractivity contribution in [3.8, 4) is 0 Å². The normalized spacial score (nSPS) is 23.2. The van der Waals surface area contributed by atoms with Gasteiger partial charge in [0.25, 0.3) is 0 Å². The van der Waals surface area contributed by atoms with E-state index in [-0.39, 0.29) is 0 Å². The van der Waals surface area contributed by atoms with Gasteiger partial charge in [0, 0.05) is 0 Å². The first-order valence-electron chi connectivity index (χ1n) is 4.21. The summed E-state index contributed by atoms with van der Waals surface area (Å²) in [6.07, 6.45) is 5.66. The van der Waals surface area contributed by atoms with E-state index >= 15 is 0 Å². The SMILES string of the molecule is CCC1CC[C-](C)C1.[Cl][Zr]([Cl])[Cl]. The molecule has 0 bridgehead atoms. The van der Waals surface area contributed by atoms with Crippen molar-refractivity contribution in [3.63, 3.8) is 0 Å². The Hall–Kier alpha value is 1.75. The number of halogens is 3. The van der Waals surface area contributed by atoms with E-state index in [0.29, 0.717) is 0 Å². The zero-order chi connectivity index (χ0) is 9.56. The van der Waals surface area contributed by atoms with E-state index in [1.807, 2.05) is 0 Å². The Bertz CT molecular complexity index is 106. The Morgan fingerprint density at radius 3 is 2.08 bits per heavy atom. The average molecular weight is 309 g/mol. The van der Waals surface area contributed by atoms with E-state index in [9.17, 15) is 0 Å². The van der Waals surface area contributed by atoms with Crippen molar-refractivity contribution < 1.29 is 18.2 Å². The molecular formula is C8H15Cl3Zr-. The summed E-state index contributed by atoms with van der Waals surface area (Å²) in [7, 11) is 15.0. The van der Waals surface area contributed by atoms with E-state index in [2.05, 4.69) is 13.8 Å². The zero-order valence-corrected chi connectivity index (χ0v) is 12.3. The predicted octanol–water partition coefficient (Wildman–Crippen LogP) is 4.86. The van der Waals surface area contributed by atoms with Gasteiger partial charge in [0.05, 0.1) is 0 Å². The van der Waals surface area contributed by atoms with Gasteiger partial charge in [0.15, 0.2) is 0 Å². The molecule has 4 heteroatoms. The first-order valence-corrected chi connectivity index (χ1v) is 13.7. The van der Waals surface area contributed by atoms with Crippen molar-refractivity contribution >= 4 is 25.5 Å². The van der Waals surface area contributed by atoms with Gasteiger partial charge in [-0.3, -0.25) is 0 Å². The molecule has 0 radical (unpaired) electrons. The molecule has 0 aromatic rings. The van der Waals surface area contributed by atoms with Gasteiger partial charge in [-0.2, -0.15) is 19.8 Å². The molecule has 0 aromatic heterocycles. The summed E-state index contributed by atoms with van der Waals surface area (Å²) >= 11 is -2.13. The van der Waals surface area contributed by atoms with Gasteiger partial charge in [-0.25, -0.2) is 0 Å². The number of hydrogen-bond donors (Lipinski definition) is 0. The summed E-state index contributed by atoms with van der Waals surface area (Å²) in [6.45, 7) is 4.58. The molecular weight excluding hydrogens is 294 g/mol. The molecule has 1 unspecified atom stereocenters. The predicted molar refractivity (Wildman–Crippen MR) is 54.1 cm³/mol. The third kappa shape index (κ3) is 8.36. The number of hydrogen-bond acceptors (Lipinski definition) is 0. The van der Waals surface area contributed by atoms with E-state index in [4.69, 9.17) is 25.5 Å². The van der Waals surface area contributed by atoms with Crippen LogP contribution in [0.15, 0.2) is 0 Å². The van der Waals surface area contributed by atoms with Crippen LogP contribution in [0.25, 0.3) is 0 Å². The van der Waals surface area contributed by atoms with Crippen LogP contribution in [0.1, 0.15) is 39.5 Å². The molecule has 1 fully saturated rings. The fourth-order valence-corrected chi connectivity index (χ4v) is 1.50. The van der Waals surface area contributed by atoms with Crippen LogP contribution < -0.4 is 0 Å². The molecule has 0 heterocycles. The van der Waals surface area contributed by atoms with Gasteiger partial charge in [0.1, 0.15) is 0 Å². The van der Waals surface area contributed by atoms with Crippen LogP contribution in [0.2, 0.25) is 0 Å². The fraction of sp³-hybridized carbons (Fsp3) is 0.875. The molecule has 1 atom stereocenters. The van der Waals surface area contributed by atoms with Crippen molar-refractivity contribution in [1.29, 1.82) is 0 Å². The molecule has 0 amide bonds. The Labute approximate surface area is 94.3 Å². The standard InChI is InChI=1S/C8H15.3ClH.Zr/c1-3-8-5-4-7(2)6-8;;;;/h8H,3-6H2,1-2H3;3*1H;/q-1;;;;+3/p-3. The summed E-state index contributed by atoms with van der Waals surface area (Å²) < 4.78 is 0. The minimum atomic E-state index is -2.13. The summed E-state index contributed by atoms with van der Waals surface area (Å²) in [5, 5.41) is 0. The molecule has 0 aromatic carbocycles. The summed E-state index contributed by atoms with van der Waals surface area (Å²) in [6, 6.07) is 0. The Kier molecular flexibility index (Phi) is 9.28. The van der Waals surface area contributed by atoms with E-state index in [1.165, 1.54) is 25.7 Å². The molecule has 1 aliphatic carbocycles. The topological polar surface area (TPSA) is 0 Å². The molecule has 0 spiro atoms. The summed E-state index contributed by atoms with van der Waals surface area (Å²) in [5.74, 6) is 2.76. The quantitative estimate of drug-likeness (QED) is 0.607. The molecule has 12 heavy (non-hydrogen) atoms. The third-order valence-electron chi connectivity index (χ3n) is 2.19. The minimum absolute atomic E-state index is 1.04. The van der Waals surface area contributed by atoms with Crippen LogP contribution in [0, 0.1) is 11.8 Å². The van der Waals surface area contributed by atoms with E-state index in [0.717, 1.165) is 5.92 Å². The second kappa shape index (κ2) is 8.09. The second-order valence-corrected chi connectivity index (χ2v) is 14.4. The molecule has 0 saturated heterocycles. The molecule has 1 aliphatic rings. The van der Waals surface area contributed by atoms with Crippen LogP contribution in [0.5, 0.6) is 0 Å². The Morgan fingerprint density at radius 2 is 1.92 bits per heavy atom. The monoisotopic (exact) mass is 306 g/mol. The molecule has 73 valence electrons. The van der Waals surface area contributed by atoms with Gasteiger partial charge in [-0.05, 0) is 0 Å². The van der Waals surface area contributed by atoms with Crippen LogP contribution in [-0.2, 0) is 18.2 Å². The van der Waals surface area contributed by atoms with Gasteiger partial charge in [-0.1, -0.05) is 25.7 Å². The van der Waals surface area contributed by atoms with E-state index in [1.54, 1.807) is 5.92 Å². The Morgan fingerprint density at radius 1 is 1.42 bits per heavy atom. The zero-order valence-electron chi connectivity index (χ0n) is 7.54. The second-order valence-electron chi connectivity index (χ2n) is 3.19. The van der Waals surface area contributed by atoms with Crippen LogP contribution in [0.3, 0.4) is 0 Å². The first-order chi connectivity index (χ1) is 5.56. The van der Waals surface area contributed by atoms with Crippen molar-refractivity contribution in [2.75, 3.05) is 0 Å². The maximum atomic E-state index is 5.00. The van der Waals surface area contributed by atoms with Gasteiger partial charge < -0.3 is 5.92 Å². The molecule has 0 N–H and O–H groups in total. The summed E-state index contributed by atoms with van der Waals surface area (Å²) in [4.78, 5) is 0. The van der Waals surface area contributed by atoms with Gasteiger partial charge in [0.2, 0.25) is 0 Å². The first kappa shape index (κ1) is 13.8. The van der Waals surface area contributed by atoms with Crippen LogP contribution in [0.4, 0.5) is 0 Å².